The van der Waals surface area contributed by atoms with Crippen molar-refractivity contribution in [1.29, 1.82) is 0 Å². The zero-order valence-electron chi connectivity index (χ0n) is 18.1. The molecule has 0 saturated heterocycles. The molecular formula is C24H26N2O4S. The van der Waals surface area contributed by atoms with Crippen molar-refractivity contribution in [1.82, 2.24) is 0 Å². The lowest BCUT2D eigenvalue weighted by Crippen LogP contribution is -2.27. The summed E-state index contributed by atoms with van der Waals surface area (Å²) in [4.78, 5) is 13.4. The van der Waals surface area contributed by atoms with Gasteiger partial charge in [0.15, 0.2) is 5.71 Å². The minimum atomic E-state index is -4.53. The first kappa shape index (κ1) is 22.7. The molecule has 0 bridgehead atoms. The fraction of sp³-hybridized carbons (Fsp3) is 0.250. The smallest absolute Gasteiger partial charge is 0.227 e. The number of nitrogens with zero attached hydrogens (tertiary/aromatic N) is 2. The van der Waals surface area contributed by atoms with Gasteiger partial charge in [0.2, 0.25) is 11.6 Å². The van der Waals surface area contributed by atoms with Crippen LogP contribution >= 0.6 is 0 Å². The molecule has 1 aliphatic rings. The van der Waals surface area contributed by atoms with E-state index >= 15 is 0 Å². The molecule has 0 aromatic heterocycles. The number of hydrogen-bond acceptors (Lipinski definition) is 4. The van der Waals surface area contributed by atoms with E-state index in [9.17, 15) is 17.8 Å². The highest BCUT2D eigenvalue weighted by molar-refractivity contribution is 7.85. The standard InChI is InChI=1S/C24H26N2O4S/c1-5-25-22-15-14-20(31(28,29)30)17-21(22)24(3,4)23(25)13-9-10-16-26(18(2)27)19-11-7-6-8-12-19/h6-17H,5H2,1-4H3. The third-order valence-corrected chi connectivity index (χ3v) is 6.27. The Kier molecular flexibility index (Phi) is 6.29. The van der Waals surface area contributed by atoms with E-state index in [1.807, 2.05) is 63.3 Å². The monoisotopic (exact) mass is 438 g/mol. The average molecular weight is 439 g/mol. The largest absolute Gasteiger partial charge is 0.744 e. The number of amides is 1. The Morgan fingerprint density at radius 1 is 1.13 bits per heavy atom. The van der Waals surface area contributed by atoms with Crippen LogP contribution in [0, 0.1) is 0 Å². The zero-order chi connectivity index (χ0) is 22.8. The number of para-hydroxylation sites is 1. The second-order valence-electron chi connectivity index (χ2n) is 7.81. The number of carbonyl (C=O) groups excluding carboxylic acids is 1. The Balaban J connectivity index is 1.93. The third-order valence-electron chi connectivity index (χ3n) is 5.44. The van der Waals surface area contributed by atoms with Gasteiger partial charge in [-0.3, -0.25) is 9.69 Å². The maximum absolute atomic E-state index is 12.0. The zero-order valence-corrected chi connectivity index (χ0v) is 18.9. The molecule has 2 aromatic carbocycles. The summed E-state index contributed by atoms with van der Waals surface area (Å²) in [6.45, 7) is 8.20. The maximum Gasteiger partial charge on any atom is 0.227 e. The molecule has 31 heavy (non-hydrogen) atoms. The third kappa shape index (κ3) is 4.52. The van der Waals surface area contributed by atoms with E-state index in [1.54, 1.807) is 23.2 Å². The molecule has 0 atom stereocenters. The van der Waals surface area contributed by atoms with Crippen LogP contribution in [-0.2, 0) is 20.3 Å². The minimum Gasteiger partial charge on any atom is -0.744 e. The van der Waals surface area contributed by atoms with Crippen molar-refractivity contribution in [3.63, 3.8) is 0 Å². The summed E-state index contributed by atoms with van der Waals surface area (Å²) in [5.41, 5.74) is 2.95. The fourth-order valence-electron chi connectivity index (χ4n) is 3.89. The molecule has 3 rings (SSSR count). The summed E-state index contributed by atoms with van der Waals surface area (Å²) in [6.07, 6.45) is 7.31. The van der Waals surface area contributed by atoms with Gasteiger partial charge in [-0.2, -0.15) is 4.58 Å². The van der Waals surface area contributed by atoms with E-state index in [2.05, 4.69) is 4.58 Å². The van der Waals surface area contributed by atoms with Crippen molar-refractivity contribution >= 4 is 33.1 Å². The minimum absolute atomic E-state index is 0.0985. The molecular weight excluding hydrogens is 412 g/mol. The van der Waals surface area contributed by atoms with Crippen molar-refractivity contribution in [2.24, 2.45) is 0 Å². The quantitative estimate of drug-likeness (QED) is 0.386. The molecule has 0 unspecified atom stereocenters. The molecule has 0 spiro atoms. The molecule has 162 valence electrons. The normalized spacial score (nSPS) is 15.6. The summed E-state index contributed by atoms with van der Waals surface area (Å²) >= 11 is 0. The number of allylic oxidation sites excluding steroid dienone is 3. The Hall–Kier alpha value is -3.03. The predicted octanol–water partition coefficient (Wildman–Crippen LogP) is 4.11. The molecule has 2 aromatic rings. The van der Waals surface area contributed by atoms with Crippen molar-refractivity contribution in [2.45, 2.75) is 38.0 Å². The van der Waals surface area contributed by atoms with Crippen LogP contribution < -0.4 is 4.90 Å². The van der Waals surface area contributed by atoms with E-state index in [4.69, 9.17) is 0 Å². The topological polar surface area (TPSA) is 80.5 Å². The first-order valence-electron chi connectivity index (χ1n) is 10.0. The van der Waals surface area contributed by atoms with Gasteiger partial charge in [-0.15, -0.1) is 0 Å². The van der Waals surface area contributed by atoms with Crippen molar-refractivity contribution in [3.05, 3.63) is 78.5 Å². The lowest BCUT2D eigenvalue weighted by atomic mass is 9.81. The first-order valence-corrected chi connectivity index (χ1v) is 11.4. The maximum atomic E-state index is 12.0. The number of carbonyl (C=O) groups is 1. The van der Waals surface area contributed by atoms with Crippen LogP contribution in [0.25, 0.3) is 0 Å². The summed E-state index contributed by atoms with van der Waals surface area (Å²) in [5.74, 6) is -0.0985. The van der Waals surface area contributed by atoms with E-state index in [1.165, 1.54) is 19.1 Å². The Morgan fingerprint density at radius 2 is 1.81 bits per heavy atom. The molecule has 0 N–H and O–H groups in total. The summed E-state index contributed by atoms with van der Waals surface area (Å²) in [6, 6.07) is 13.9. The van der Waals surface area contributed by atoms with Gasteiger partial charge >= 0.3 is 0 Å². The van der Waals surface area contributed by atoms with Crippen LogP contribution in [0.4, 0.5) is 11.4 Å². The molecule has 0 aliphatic carbocycles. The molecule has 6 nitrogen and oxygen atoms in total. The van der Waals surface area contributed by atoms with E-state index in [0.717, 1.165) is 22.6 Å². The highest BCUT2D eigenvalue weighted by atomic mass is 32.2. The van der Waals surface area contributed by atoms with Crippen LogP contribution in [0.3, 0.4) is 0 Å². The summed E-state index contributed by atoms with van der Waals surface area (Å²) in [7, 11) is -4.53. The Labute approximate surface area is 183 Å². The van der Waals surface area contributed by atoms with Crippen molar-refractivity contribution in [3.8, 4) is 0 Å². The second-order valence-corrected chi connectivity index (χ2v) is 9.19. The van der Waals surface area contributed by atoms with Crippen LogP contribution in [-0.4, -0.2) is 35.7 Å². The van der Waals surface area contributed by atoms with Crippen LogP contribution in [0.2, 0.25) is 0 Å². The highest BCUT2D eigenvalue weighted by Crippen LogP contribution is 2.41. The molecule has 0 fully saturated rings. The van der Waals surface area contributed by atoms with E-state index in [-0.39, 0.29) is 10.8 Å². The van der Waals surface area contributed by atoms with Crippen molar-refractivity contribution < 1.29 is 22.3 Å². The van der Waals surface area contributed by atoms with Gasteiger partial charge < -0.3 is 4.55 Å². The fourth-order valence-corrected chi connectivity index (χ4v) is 4.39. The average Bonchev–Trinajstić information content (AvgIpc) is 2.93. The van der Waals surface area contributed by atoms with Gasteiger partial charge in [0.25, 0.3) is 0 Å². The van der Waals surface area contributed by atoms with Gasteiger partial charge in [-0.25, -0.2) is 8.42 Å². The number of hydrogen-bond donors (Lipinski definition) is 0. The number of anilines is 1. The van der Waals surface area contributed by atoms with E-state index < -0.39 is 15.5 Å². The van der Waals surface area contributed by atoms with Gasteiger partial charge in [-0.1, -0.05) is 24.3 Å². The molecule has 1 aliphatic heterocycles. The molecule has 0 radical (unpaired) electrons. The number of benzene rings is 2. The first-order chi connectivity index (χ1) is 14.6. The number of rotatable bonds is 6. The van der Waals surface area contributed by atoms with E-state index in [0.29, 0.717) is 6.54 Å². The molecule has 0 saturated carbocycles. The molecule has 7 heteroatoms. The summed E-state index contributed by atoms with van der Waals surface area (Å²) in [5, 5.41) is 0. The highest BCUT2D eigenvalue weighted by Gasteiger charge is 2.44. The second kappa shape index (κ2) is 8.61. The molecule has 1 heterocycles. The summed E-state index contributed by atoms with van der Waals surface area (Å²) < 4.78 is 36.6. The predicted molar refractivity (Wildman–Crippen MR) is 121 cm³/mol. The lowest BCUT2D eigenvalue weighted by Gasteiger charge is -2.17. The Morgan fingerprint density at radius 3 is 2.39 bits per heavy atom. The van der Waals surface area contributed by atoms with Crippen LogP contribution in [0.5, 0.6) is 0 Å². The van der Waals surface area contributed by atoms with Crippen LogP contribution in [0.15, 0.2) is 77.9 Å². The lowest BCUT2D eigenvalue weighted by molar-refractivity contribution is -0.433. The SMILES string of the molecule is CC[N+]1=C(/C=C/C=C/N(C(C)=O)c2ccccc2)C(C)(C)c2cc(S(=O)(=O)[O-])ccc21. The Bertz CT molecular complexity index is 1190. The van der Waals surface area contributed by atoms with Gasteiger partial charge in [-0.05, 0) is 51.1 Å². The van der Waals surface area contributed by atoms with Gasteiger partial charge in [0.1, 0.15) is 16.7 Å². The van der Waals surface area contributed by atoms with Crippen molar-refractivity contribution in [2.75, 3.05) is 11.4 Å². The van der Waals surface area contributed by atoms with Gasteiger partial charge in [0, 0.05) is 36.5 Å². The van der Waals surface area contributed by atoms with Gasteiger partial charge in [0.05, 0.1) is 10.3 Å². The van der Waals surface area contributed by atoms with Crippen LogP contribution in [0.1, 0.15) is 33.3 Å². The molecule has 1 amide bonds. The number of fused-ring (bicyclic) bond motifs is 1.